The van der Waals surface area contributed by atoms with Crippen LogP contribution in [0.3, 0.4) is 0 Å². The van der Waals surface area contributed by atoms with E-state index in [9.17, 15) is 42.6 Å². The van der Waals surface area contributed by atoms with Crippen molar-refractivity contribution in [3.63, 3.8) is 0 Å². The molecular formula is C34H19F3O10. The van der Waals surface area contributed by atoms with E-state index in [0.29, 0.717) is 6.07 Å². The molecule has 0 spiro atoms. The molecule has 0 saturated heterocycles. The van der Waals surface area contributed by atoms with E-state index in [1.807, 2.05) is 0 Å². The number of phenolic OH excluding ortho intramolecular Hbond substituents is 2. The molecule has 0 aliphatic heterocycles. The summed E-state index contributed by atoms with van der Waals surface area (Å²) < 4.78 is 63.5. The highest BCUT2D eigenvalue weighted by atomic mass is 19.2. The fourth-order valence-corrected chi connectivity index (χ4v) is 3.87. The number of benzene rings is 5. The number of phenols is 2. The molecule has 5 rings (SSSR count). The summed E-state index contributed by atoms with van der Waals surface area (Å²) in [6, 6.07) is 20.5. The number of hydrogen-bond donors (Lipinski definition) is 2. The molecule has 0 aromatic heterocycles. The maximum absolute atomic E-state index is 14.5. The molecule has 236 valence electrons. The van der Waals surface area contributed by atoms with Gasteiger partial charge in [0.2, 0.25) is 17.5 Å². The van der Waals surface area contributed by atoms with Crippen molar-refractivity contribution >= 4 is 23.9 Å². The second-order valence-electron chi connectivity index (χ2n) is 9.52. The number of halogens is 3. The van der Waals surface area contributed by atoms with Crippen molar-refractivity contribution in [3.05, 3.63) is 143 Å². The van der Waals surface area contributed by atoms with Crippen molar-refractivity contribution in [1.29, 1.82) is 0 Å². The molecule has 5 aromatic carbocycles. The quantitative estimate of drug-likeness (QED) is 0.111. The first-order chi connectivity index (χ1) is 22.5. The van der Waals surface area contributed by atoms with Crippen molar-refractivity contribution in [3.8, 4) is 34.5 Å². The molecule has 13 heteroatoms. The molecule has 0 aliphatic rings. The first-order valence-electron chi connectivity index (χ1n) is 13.3. The Labute approximate surface area is 262 Å². The smallest absolute Gasteiger partial charge is 0.343 e. The lowest BCUT2D eigenvalue weighted by Gasteiger charge is -2.11. The van der Waals surface area contributed by atoms with Crippen LogP contribution >= 0.6 is 0 Å². The Kier molecular flexibility index (Phi) is 9.17. The van der Waals surface area contributed by atoms with Crippen molar-refractivity contribution in [2.45, 2.75) is 0 Å². The lowest BCUT2D eigenvalue weighted by molar-refractivity contribution is 0.0713. The molecule has 10 nitrogen and oxygen atoms in total. The van der Waals surface area contributed by atoms with Crippen LogP contribution < -0.4 is 18.9 Å². The van der Waals surface area contributed by atoms with Crippen LogP contribution in [0, 0.1) is 17.5 Å². The lowest BCUT2D eigenvalue weighted by atomic mass is 10.2. The van der Waals surface area contributed by atoms with E-state index in [1.165, 1.54) is 72.8 Å². The van der Waals surface area contributed by atoms with Gasteiger partial charge in [-0.15, -0.1) is 0 Å². The number of aromatic hydroxyl groups is 2. The van der Waals surface area contributed by atoms with Gasteiger partial charge in [0, 0.05) is 6.07 Å². The van der Waals surface area contributed by atoms with Gasteiger partial charge in [0.25, 0.3) is 0 Å². The molecule has 0 radical (unpaired) electrons. The van der Waals surface area contributed by atoms with E-state index in [2.05, 4.69) is 0 Å². The standard InChI is InChI=1S/C34H19F3O10/c35-28-26(46-33(42)20-5-13-24(14-6-20)44-31(40)18-1-9-22(38)10-2-18)17-27(29(36)30(28)37)47-34(43)21-7-15-25(16-8-21)45-32(41)19-3-11-23(39)12-4-19/h1-17,38-39H. The number of rotatable bonds is 8. The highest BCUT2D eigenvalue weighted by Crippen LogP contribution is 2.32. The highest BCUT2D eigenvalue weighted by Gasteiger charge is 2.25. The predicted octanol–water partition coefficient (Wildman–Crippen LogP) is 6.39. The zero-order valence-electron chi connectivity index (χ0n) is 23.6. The molecule has 0 atom stereocenters. The summed E-state index contributed by atoms with van der Waals surface area (Å²) in [4.78, 5) is 49.7. The Bertz CT molecular complexity index is 1830. The summed E-state index contributed by atoms with van der Waals surface area (Å²) in [5, 5.41) is 18.7. The minimum Gasteiger partial charge on any atom is -0.508 e. The molecule has 0 amide bonds. The van der Waals surface area contributed by atoms with Crippen molar-refractivity contribution in [2.75, 3.05) is 0 Å². The first-order valence-corrected chi connectivity index (χ1v) is 13.3. The molecule has 0 saturated carbocycles. The summed E-state index contributed by atoms with van der Waals surface area (Å²) >= 11 is 0. The van der Waals surface area contributed by atoms with Gasteiger partial charge in [-0.3, -0.25) is 0 Å². The van der Waals surface area contributed by atoms with Crippen LogP contribution in [0.15, 0.2) is 103 Å². The summed E-state index contributed by atoms with van der Waals surface area (Å²) in [5.41, 5.74) is -0.103. The van der Waals surface area contributed by atoms with E-state index in [-0.39, 0.29) is 45.3 Å². The third kappa shape index (κ3) is 7.54. The maximum Gasteiger partial charge on any atom is 0.343 e. The van der Waals surface area contributed by atoms with Gasteiger partial charge in [0.15, 0.2) is 11.5 Å². The van der Waals surface area contributed by atoms with Crippen LogP contribution in [-0.4, -0.2) is 34.1 Å². The molecule has 0 bridgehead atoms. The van der Waals surface area contributed by atoms with Crippen LogP contribution in [0.5, 0.6) is 34.5 Å². The Morgan fingerprint density at radius 2 is 0.681 bits per heavy atom. The normalized spacial score (nSPS) is 10.5. The Morgan fingerprint density at radius 1 is 0.404 bits per heavy atom. The molecular weight excluding hydrogens is 625 g/mol. The second-order valence-corrected chi connectivity index (χ2v) is 9.52. The van der Waals surface area contributed by atoms with E-state index >= 15 is 0 Å². The molecule has 0 heterocycles. The maximum atomic E-state index is 14.5. The predicted molar refractivity (Wildman–Crippen MR) is 155 cm³/mol. The summed E-state index contributed by atoms with van der Waals surface area (Å²) in [6.45, 7) is 0. The van der Waals surface area contributed by atoms with E-state index in [4.69, 9.17) is 18.9 Å². The van der Waals surface area contributed by atoms with Crippen LogP contribution in [0.4, 0.5) is 13.2 Å². The second kappa shape index (κ2) is 13.6. The van der Waals surface area contributed by atoms with Gasteiger partial charge in [-0.1, -0.05) is 0 Å². The molecule has 0 unspecified atom stereocenters. The number of esters is 4. The summed E-state index contributed by atoms with van der Waals surface area (Å²) in [5.74, 6) is -12.0. The number of ether oxygens (including phenoxy) is 4. The third-order valence-electron chi connectivity index (χ3n) is 6.29. The minimum atomic E-state index is -2.08. The SMILES string of the molecule is O=C(Oc1ccc(C(=O)Oc2cc(OC(=O)c3ccc(OC(=O)c4ccc(O)cc4)cc3)c(F)c(F)c2F)cc1)c1ccc(O)cc1. The van der Waals surface area contributed by atoms with E-state index < -0.39 is 52.8 Å². The monoisotopic (exact) mass is 644 g/mol. The summed E-state index contributed by atoms with van der Waals surface area (Å²) in [7, 11) is 0. The Hall–Kier alpha value is -6.63. The Morgan fingerprint density at radius 3 is 1.00 bits per heavy atom. The van der Waals surface area contributed by atoms with E-state index in [1.54, 1.807) is 0 Å². The van der Waals surface area contributed by atoms with Gasteiger partial charge < -0.3 is 29.2 Å². The summed E-state index contributed by atoms with van der Waals surface area (Å²) in [6.07, 6.45) is 0. The number of carbonyl (C=O) groups is 4. The average molecular weight is 645 g/mol. The molecule has 0 aliphatic carbocycles. The zero-order valence-corrected chi connectivity index (χ0v) is 23.6. The van der Waals surface area contributed by atoms with Crippen molar-refractivity contribution in [1.82, 2.24) is 0 Å². The van der Waals surface area contributed by atoms with Gasteiger partial charge >= 0.3 is 23.9 Å². The van der Waals surface area contributed by atoms with Gasteiger partial charge in [-0.25, -0.2) is 23.6 Å². The van der Waals surface area contributed by atoms with Crippen molar-refractivity contribution in [2.24, 2.45) is 0 Å². The lowest BCUT2D eigenvalue weighted by Crippen LogP contribution is -2.14. The molecule has 0 fully saturated rings. The molecule has 47 heavy (non-hydrogen) atoms. The van der Waals surface area contributed by atoms with Crippen LogP contribution in [0.2, 0.25) is 0 Å². The van der Waals surface area contributed by atoms with Crippen molar-refractivity contribution < 1.29 is 61.5 Å². The molecule has 2 N–H and O–H groups in total. The third-order valence-corrected chi connectivity index (χ3v) is 6.29. The van der Waals surface area contributed by atoms with Crippen LogP contribution in [0.1, 0.15) is 41.4 Å². The van der Waals surface area contributed by atoms with E-state index in [0.717, 1.165) is 24.3 Å². The van der Waals surface area contributed by atoms with Gasteiger partial charge in [-0.05, 0) is 97.1 Å². The average Bonchev–Trinajstić information content (AvgIpc) is 3.07. The first kappa shape index (κ1) is 31.8. The fraction of sp³-hybridized carbons (Fsp3) is 0. The highest BCUT2D eigenvalue weighted by molar-refractivity contribution is 5.94. The number of carbonyl (C=O) groups excluding carboxylic acids is 4. The fourth-order valence-electron chi connectivity index (χ4n) is 3.87. The topological polar surface area (TPSA) is 146 Å². The minimum absolute atomic E-state index is 0.0244. The van der Waals surface area contributed by atoms with Gasteiger partial charge in [0.1, 0.15) is 23.0 Å². The van der Waals surface area contributed by atoms with Gasteiger partial charge in [-0.2, -0.15) is 8.78 Å². The van der Waals surface area contributed by atoms with Gasteiger partial charge in [0.05, 0.1) is 22.3 Å². The van der Waals surface area contributed by atoms with Crippen LogP contribution in [-0.2, 0) is 0 Å². The Balaban J connectivity index is 1.24. The van der Waals surface area contributed by atoms with Crippen LogP contribution in [0.25, 0.3) is 0 Å². The zero-order chi connectivity index (χ0) is 33.7. The molecule has 5 aromatic rings. The number of hydrogen-bond acceptors (Lipinski definition) is 10. The largest absolute Gasteiger partial charge is 0.508 e.